The smallest absolute Gasteiger partial charge is 0.229 e. The molecule has 2 rings (SSSR count). The van der Waals surface area contributed by atoms with E-state index in [9.17, 15) is 0 Å². The van der Waals surface area contributed by atoms with Crippen LogP contribution in [0.2, 0.25) is 13.1 Å². The molecule has 1 nitrogen and oxygen atoms in total. The summed E-state index contributed by atoms with van der Waals surface area (Å²) in [7, 11) is -1.09. The minimum atomic E-state index is -1.09. The third kappa shape index (κ3) is 2.75. The predicted octanol–water partition coefficient (Wildman–Crippen LogP) is 4.30. The fraction of sp³-hybridized carbons (Fsp3) is 0.375. The number of hydrogen-bond acceptors (Lipinski definition) is 1. The molecule has 2 aromatic rings. The van der Waals surface area contributed by atoms with Crippen LogP contribution in [-0.2, 0) is 5.41 Å². The quantitative estimate of drug-likeness (QED) is 0.729. The monoisotopic (exact) mass is 257 g/mol. The molecular weight excluding hydrogens is 236 g/mol. The molecule has 18 heavy (non-hydrogen) atoms. The summed E-state index contributed by atoms with van der Waals surface area (Å²) < 4.78 is 5.98. The number of fused-ring (bicyclic) bond motifs is 1. The third-order valence-corrected chi connectivity index (χ3v) is 3.70. The molecule has 0 unspecified atom stereocenters. The average molecular weight is 257 g/mol. The van der Waals surface area contributed by atoms with Crippen molar-refractivity contribution in [1.82, 2.24) is 0 Å². The first kappa shape index (κ1) is 13.2. The van der Waals surface area contributed by atoms with Crippen molar-refractivity contribution < 1.29 is 4.43 Å². The van der Waals surface area contributed by atoms with Gasteiger partial charge in [-0.25, -0.2) is 0 Å². The fourth-order valence-electron chi connectivity index (χ4n) is 1.98. The number of rotatable bonds is 2. The van der Waals surface area contributed by atoms with E-state index >= 15 is 0 Å². The van der Waals surface area contributed by atoms with E-state index in [4.69, 9.17) is 4.43 Å². The highest BCUT2D eigenvalue weighted by Gasteiger charge is 2.15. The Hall–Kier alpha value is -1.28. The molecule has 0 atom stereocenters. The predicted molar refractivity (Wildman–Crippen MR) is 81.0 cm³/mol. The lowest BCUT2D eigenvalue weighted by atomic mass is 9.86. The van der Waals surface area contributed by atoms with Gasteiger partial charge >= 0.3 is 0 Å². The van der Waals surface area contributed by atoms with Crippen molar-refractivity contribution in [3.63, 3.8) is 0 Å². The maximum Gasteiger partial charge on any atom is 0.229 e. The molecule has 0 aliphatic carbocycles. The van der Waals surface area contributed by atoms with Gasteiger partial charge in [0, 0.05) is 11.5 Å². The second kappa shape index (κ2) is 4.77. The molecule has 0 aromatic heterocycles. The largest absolute Gasteiger partial charge is 0.546 e. The van der Waals surface area contributed by atoms with Crippen molar-refractivity contribution >= 4 is 19.8 Å². The van der Waals surface area contributed by atoms with Gasteiger partial charge in [0.1, 0.15) is 5.75 Å². The van der Waals surface area contributed by atoms with Crippen molar-refractivity contribution in [3.05, 3.63) is 42.0 Å². The Bertz CT molecular complexity index is 553. The van der Waals surface area contributed by atoms with Crippen molar-refractivity contribution in [1.29, 1.82) is 0 Å². The Balaban J connectivity index is 2.58. The lowest BCUT2D eigenvalue weighted by molar-refractivity contribution is 0.582. The normalized spacial score (nSPS) is 12.1. The second-order valence-corrected chi connectivity index (χ2v) is 8.36. The molecule has 2 heteroatoms. The fourth-order valence-corrected chi connectivity index (χ4v) is 2.65. The summed E-state index contributed by atoms with van der Waals surface area (Å²) in [5.41, 5.74) is 1.50. The van der Waals surface area contributed by atoms with Crippen LogP contribution in [0.25, 0.3) is 10.8 Å². The third-order valence-electron chi connectivity index (χ3n) is 2.99. The molecule has 0 spiro atoms. The number of hydrogen-bond donors (Lipinski definition) is 0. The Morgan fingerprint density at radius 3 is 2.44 bits per heavy atom. The first-order valence-corrected chi connectivity index (χ1v) is 9.27. The van der Waals surface area contributed by atoms with Crippen molar-refractivity contribution in [2.75, 3.05) is 0 Å². The summed E-state index contributed by atoms with van der Waals surface area (Å²) in [5.74, 6) is 0.917. The zero-order valence-corrected chi connectivity index (χ0v) is 13.0. The van der Waals surface area contributed by atoms with Crippen LogP contribution in [0.4, 0.5) is 0 Å². The first-order chi connectivity index (χ1) is 8.38. The van der Waals surface area contributed by atoms with Gasteiger partial charge in [0.15, 0.2) is 0 Å². The molecule has 0 heterocycles. The van der Waals surface area contributed by atoms with Crippen molar-refractivity contribution in [2.24, 2.45) is 0 Å². The van der Waals surface area contributed by atoms with Crippen LogP contribution < -0.4 is 4.43 Å². The molecule has 0 saturated heterocycles. The maximum atomic E-state index is 5.98. The molecule has 95 valence electrons. The van der Waals surface area contributed by atoms with E-state index in [-0.39, 0.29) is 5.41 Å². The average Bonchev–Trinajstić information content (AvgIpc) is 2.27. The van der Waals surface area contributed by atoms with Crippen molar-refractivity contribution in [2.45, 2.75) is 39.3 Å². The summed E-state index contributed by atoms with van der Waals surface area (Å²) in [6.45, 7) is 11.1. The van der Waals surface area contributed by atoms with Gasteiger partial charge in [0.05, 0.1) is 0 Å². The van der Waals surface area contributed by atoms with E-state index < -0.39 is 9.04 Å². The zero-order valence-electron chi connectivity index (χ0n) is 11.9. The second-order valence-electron chi connectivity index (χ2n) is 6.03. The van der Waals surface area contributed by atoms with E-state index in [1.165, 1.54) is 16.3 Å². The van der Waals surface area contributed by atoms with Gasteiger partial charge in [-0.2, -0.15) is 0 Å². The van der Waals surface area contributed by atoms with E-state index in [0.717, 1.165) is 5.75 Å². The van der Waals surface area contributed by atoms with Crippen LogP contribution in [0.3, 0.4) is 0 Å². The summed E-state index contributed by atoms with van der Waals surface area (Å²) in [5, 5.41) is 2.41. The van der Waals surface area contributed by atoms with Gasteiger partial charge in [0.2, 0.25) is 9.04 Å². The SMILES string of the molecule is C[SiH](C)Oc1[c]ccc2ccc(C(C)(C)C)cc12. The molecule has 0 bridgehead atoms. The summed E-state index contributed by atoms with van der Waals surface area (Å²) in [4.78, 5) is 0. The molecule has 2 aromatic carbocycles. The van der Waals surface area contributed by atoms with Crippen LogP contribution in [0, 0.1) is 6.07 Å². The molecule has 1 radical (unpaired) electrons. The Labute approximate surface area is 112 Å². The van der Waals surface area contributed by atoms with Gasteiger partial charge in [-0.1, -0.05) is 39.0 Å². The van der Waals surface area contributed by atoms with Gasteiger partial charge in [-0.3, -0.25) is 0 Å². The standard InChI is InChI=1S/C16H21OSi/c1-16(2,3)13-10-9-12-7-6-8-15(14(12)11-13)17-18(4)5/h6-7,9-11,18H,1-5H3. The van der Waals surface area contributed by atoms with E-state index in [1.54, 1.807) is 0 Å². The Kier molecular flexibility index (Phi) is 3.49. The molecule has 0 fully saturated rings. The lowest BCUT2D eigenvalue weighted by Crippen LogP contribution is -2.13. The lowest BCUT2D eigenvalue weighted by Gasteiger charge is -2.20. The van der Waals surface area contributed by atoms with E-state index in [0.29, 0.717) is 0 Å². The molecule has 0 aliphatic heterocycles. The maximum absolute atomic E-state index is 5.98. The minimum Gasteiger partial charge on any atom is -0.546 e. The van der Waals surface area contributed by atoms with E-state index in [2.05, 4.69) is 64.2 Å². The number of benzene rings is 2. The molecular formula is C16H21OSi. The highest BCUT2D eigenvalue weighted by molar-refractivity contribution is 6.49. The molecule has 0 amide bonds. The molecule has 0 aliphatic rings. The van der Waals surface area contributed by atoms with Crippen LogP contribution in [0.1, 0.15) is 26.3 Å². The van der Waals surface area contributed by atoms with E-state index in [1.807, 2.05) is 6.07 Å². The molecule has 0 N–H and O–H groups in total. The first-order valence-electron chi connectivity index (χ1n) is 6.49. The summed E-state index contributed by atoms with van der Waals surface area (Å²) in [6.07, 6.45) is 0. The topological polar surface area (TPSA) is 9.23 Å². The van der Waals surface area contributed by atoms with Crippen LogP contribution in [-0.4, -0.2) is 9.04 Å². The Morgan fingerprint density at radius 1 is 1.11 bits per heavy atom. The van der Waals surface area contributed by atoms with Crippen LogP contribution in [0.5, 0.6) is 5.75 Å². The van der Waals surface area contributed by atoms with Gasteiger partial charge in [-0.05, 0) is 41.6 Å². The Morgan fingerprint density at radius 2 is 1.83 bits per heavy atom. The zero-order chi connectivity index (χ0) is 13.3. The molecule has 0 saturated carbocycles. The van der Waals surface area contributed by atoms with Gasteiger partial charge in [-0.15, -0.1) is 0 Å². The highest BCUT2D eigenvalue weighted by atomic mass is 28.3. The van der Waals surface area contributed by atoms with Gasteiger partial charge in [0.25, 0.3) is 0 Å². The minimum absolute atomic E-state index is 0.163. The summed E-state index contributed by atoms with van der Waals surface area (Å²) in [6, 6.07) is 13.9. The summed E-state index contributed by atoms with van der Waals surface area (Å²) >= 11 is 0. The van der Waals surface area contributed by atoms with Crippen LogP contribution >= 0.6 is 0 Å². The highest BCUT2D eigenvalue weighted by Crippen LogP contribution is 2.31. The van der Waals surface area contributed by atoms with Gasteiger partial charge < -0.3 is 4.43 Å². The van der Waals surface area contributed by atoms with Crippen LogP contribution in [0.15, 0.2) is 30.3 Å². The van der Waals surface area contributed by atoms with Crippen molar-refractivity contribution in [3.8, 4) is 5.75 Å².